The van der Waals surface area contributed by atoms with Gasteiger partial charge >= 0.3 is 5.97 Å². The highest BCUT2D eigenvalue weighted by atomic mass is 16.5. The summed E-state index contributed by atoms with van der Waals surface area (Å²) in [4.78, 5) is 22.7. The number of aliphatic hydroxyl groups is 2. The molecule has 1 aromatic carbocycles. The number of hydrogen-bond donors (Lipinski definition) is 2. The van der Waals surface area contributed by atoms with Crippen LogP contribution in [0.15, 0.2) is 24.3 Å². The molecular weight excluding hydrogens is 236 g/mol. The summed E-state index contributed by atoms with van der Waals surface area (Å²) < 4.78 is 4.61. The van der Waals surface area contributed by atoms with Gasteiger partial charge in [-0.3, -0.25) is 4.79 Å². The lowest BCUT2D eigenvalue weighted by atomic mass is 9.96. The Kier molecular flexibility index (Phi) is 5.00. The lowest BCUT2D eigenvalue weighted by Gasteiger charge is -2.18. The van der Waals surface area contributed by atoms with Crippen molar-refractivity contribution in [2.45, 2.75) is 26.1 Å². The van der Waals surface area contributed by atoms with Gasteiger partial charge in [0.05, 0.1) is 6.61 Å². The number of rotatable bonds is 5. The molecule has 0 spiro atoms. The Labute approximate surface area is 105 Å². The fraction of sp³-hybridized carbons (Fsp3) is 0.385. The number of esters is 1. The Hall–Kier alpha value is -1.72. The van der Waals surface area contributed by atoms with Gasteiger partial charge in [-0.05, 0) is 19.4 Å². The third-order valence-corrected chi connectivity index (χ3v) is 2.49. The molecule has 98 valence electrons. The SMILES string of the molecule is CCOC(=O)C(O)C(O)c1ccccc1C(C)=O. The Morgan fingerprint density at radius 2 is 1.89 bits per heavy atom. The van der Waals surface area contributed by atoms with E-state index in [0.29, 0.717) is 0 Å². The van der Waals surface area contributed by atoms with Crippen molar-refractivity contribution in [1.82, 2.24) is 0 Å². The predicted octanol–water partition coefficient (Wildman–Crippen LogP) is 0.847. The standard InChI is InChI=1S/C13H16O5/c1-3-18-13(17)12(16)11(15)10-7-5-4-6-9(10)8(2)14/h4-7,11-12,15-16H,3H2,1-2H3. The molecule has 0 saturated carbocycles. The van der Waals surface area contributed by atoms with Crippen LogP contribution in [0.2, 0.25) is 0 Å². The van der Waals surface area contributed by atoms with Crippen molar-refractivity contribution in [3.63, 3.8) is 0 Å². The highest BCUT2D eigenvalue weighted by molar-refractivity contribution is 5.95. The van der Waals surface area contributed by atoms with Crippen molar-refractivity contribution in [3.8, 4) is 0 Å². The van der Waals surface area contributed by atoms with Crippen molar-refractivity contribution in [3.05, 3.63) is 35.4 Å². The minimum Gasteiger partial charge on any atom is -0.464 e. The molecule has 0 aliphatic carbocycles. The predicted molar refractivity (Wildman–Crippen MR) is 64.0 cm³/mol. The van der Waals surface area contributed by atoms with Crippen LogP contribution in [0.4, 0.5) is 0 Å². The summed E-state index contributed by atoms with van der Waals surface area (Å²) in [6, 6.07) is 6.27. The van der Waals surface area contributed by atoms with E-state index in [-0.39, 0.29) is 23.5 Å². The Balaban J connectivity index is 2.99. The normalized spacial score (nSPS) is 13.8. The molecule has 0 aliphatic rings. The molecule has 0 aromatic heterocycles. The molecule has 18 heavy (non-hydrogen) atoms. The molecule has 0 saturated heterocycles. The van der Waals surface area contributed by atoms with E-state index in [1.165, 1.54) is 19.1 Å². The Bertz CT molecular complexity index is 441. The molecule has 0 bridgehead atoms. The molecule has 1 rings (SSSR count). The molecule has 5 nitrogen and oxygen atoms in total. The van der Waals surface area contributed by atoms with Crippen molar-refractivity contribution < 1.29 is 24.5 Å². The van der Waals surface area contributed by atoms with Crippen LogP contribution < -0.4 is 0 Å². The average molecular weight is 252 g/mol. The second-order valence-electron chi connectivity index (χ2n) is 3.79. The van der Waals surface area contributed by atoms with E-state index < -0.39 is 18.2 Å². The summed E-state index contributed by atoms with van der Waals surface area (Å²) in [6.07, 6.45) is -3.19. The molecule has 5 heteroatoms. The van der Waals surface area contributed by atoms with Crippen molar-refractivity contribution >= 4 is 11.8 Å². The van der Waals surface area contributed by atoms with Crippen molar-refractivity contribution in [2.75, 3.05) is 6.61 Å². The first-order chi connectivity index (χ1) is 8.49. The maximum Gasteiger partial charge on any atom is 0.338 e. The average Bonchev–Trinajstić information content (AvgIpc) is 2.37. The Morgan fingerprint density at radius 1 is 1.28 bits per heavy atom. The van der Waals surface area contributed by atoms with Gasteiger partial charge in [0.15, 0.2) is 11.9 Å². The number of carbonyl (C=O) groups is 2. The molecule has 2 unspecified atom stereocenters. The molecule has 1 aromatic rings. The summed E-state index contributed by atoms with van der Waals surface area (Å²) >= 11 is 0. The van der Waals surface area contributed by atoms with Crippen LogP contribution in [0.25, 0.3) is 0 Å². The van der Waals surface area contributed by atoms with E-state index in [0.717, 1.165) is 0 Å². The van der Waals surface area contributed by atoms with Gasteiger partial charge in [-0.2, -0.15) is 0 Å². The summed E-state index contributed by atoms with van der Waals surface area (Å²) in [5.74, 6) is -1.16. The van der Waals surface area contributed by atoms with Crippen molar-refractivity contribution in [1.29, 1.82) is 0 Å². The van der Waals surface area contributed by atoms with Crippen LogP contribution >= 0.6 is 0 Å². The van der Waals surface area contributed by atoms with E-state index in [2.05, 4.69) is 4.74 Å². The van der Waals surface area contributed by atoms with Gasteiger partial charge in [0.25, 0.3) is 0 Å². The highest BCUT2D eigenvalue weighted by Gasteiger charge is 2.29. The maximum absolute atomic E-state index is 11.4. The summed E-state index contributed by atoms with van der Waals surface area (Å²) in [6.45, 7) is 3.06. The molecule has 0 radical (unpaired) electrons. The third kappa shape index (κ3) is 3.15. The second-order valence-corrected chi connectivity index (χ2v) is 3.79. The van der Waals surface area contributed by atoms with Gasteiger partial charge < -0.3 is 14.9 Å². The molecule has 0 heterocycles. The van der Waals surface area contributed by atoms with E-state index in [1.54, 1.807) is 19.1 Å². The highest BCUT2D eigenvalue weighted by Crippen LogP contribution is 2.22. The first-order valence-corrected chi connectivity index (χ1v) is 5.61. The van der Waals surface area contributed by atoms with Crippen LogP contribution in [-0.2, 0) is 9.53 Å². The van der Waals surface area contributed by atoms with Crippen LogP contribution in [0.3, 0.4) is 0 Å². The lowest BCUT2D eigenvalue weighted by molar-refractivity contribution is -0.159. The van der Waals surface area contributed by atoms with E-state index in [9.17, 15) is 19.8 Å². The minimum atomic E-state index is -1.70. The molecule has 0 aliphatic heterocycles. The van der Waals surface area contributed by atoms with Gasteiger partial charge in [-0.1, -0.05) is 24.3 Å². The second kappa shape index (κ2) is 6.28. The number of carbonyl (C=O) groups excluding carboxylic acids is 2. The van der Waals surface area contributed by atoms with E-state index in [1.807, 2.05) is 0 Å². The lowest BCUT2D eigenvalue weighted by Crippen LogP contribution is -2.30. The summed E-state index contributed by atoms with van der Waals surface area (Å²) in [5, 5.41) is 19.6. The van der Waals surface area contributed by atoms with Crippen LogP contribution in [-0.4, -0.2) is 34.7 Å². The van der Waals surface area contributed by atoms with Gasteiger partial charge in [-0.25, -0.2) is 4.79 Å². The number of benzene rings is 1. The smallest absolute Gasteiger partial charge is 0.338 e. The Morgan fingerprint density at radius 3 is 2.44 bits per heavy atom. The zero-order valence-corrected chi connectivity index (χ0v) is 10.3. The van der Waals surface area contributed by atoms with Crippen LogP contribution in [0.5, 0.6) is 0 Å². The fourth-order valence-electron chi connectivity index (χ4n) is 1.60. The maximum atomic E-state index is 11.4. The number of ketones is 1. The minimum absolute atomic E-state index is 0.108. The number of aliphatic hydroxyl groups excluding tert-OH is 2. The molecular formula is C13H16O5. The topological polar surface area (TPSA) is 83.8 Å². The van der Waals surface area contributed by atoms with Gasteiger partial charge in [-0.15, -0.1) is 0 Å². The zero-order chi connectivity index (χ0) is 13.7. The summed E-state index contributed by atoms with van der Waals surface area (Å²) in [5.41, 5.74) is 0.485. The zero-order valence-electron chi connectivity index (χ0n) is 10.3. The molecule has 2 N–H and O–H groups in total. The van der Waals surface area contributed by atoms with Gasteiger partial charge in [0, 0.05) is 5.56 Å². The quantitative estimate of drug-likeness (QED) is 0.599. The van der Waals surface area contributed by atoms with E-state index >= 15 is 0 Å². The largest absolute Gasteiger partial charge is 0.464 e. The molecule has 0 amide bonds. The van der Waals surface area contributed by atoms with Crippen LogP contribution in [0, 0.1) is 0 Å². The van der Waals surface area contributed by atoms with Gasteiger partial charge in [0.1, 0.15) is 6.10 Å². The first-order valence-electron chi connectivity index (χ1n) is 5.61. The number of Topliss-reactive ketones (excluding diaryl/α,β-unsaturated/α-hetero) is 1. The van der Waals surface area contributed by atoms with Crippen molar-refractivity contribution in [2.24, 2.45) is 0 Å². The number of ether oxygens (including phenoxy) is 1. The van der Waals surface area contributed by atoms with E-state index in [4.69, 9.17) is 0 Å². The van der Waals surface area contributed by atoms with Gasteiger partial charge in [0.2, 0.25) is 0 Å². The molecule has 0 fully saturated rings. The van der Waals surface area contributed by atoms with Crippen LogP contribution in [0.1, 0.15) is 35.9 Å². The third-order valence-electron chi connectivity index (χ3n) is 2.49. The molecule has 2 atom stereocenters. The summed E-state index contributed by atoms with van der Waals surface area (Å²) in [7, 11) is 0. The number of hydrogen-bond acceptors (Lipinski definition) is 5. The monoisotopic (exact) mass is 252 g/mol. The first kappa shape index (κ1) is 14.3. The fourth-order valence-corrected chi connectivity index (χ4v) is 1.60.